The summed E-state index contributed by atoms with van der Waals surface area (Å²) in [7, 11) is 0. The van der Waals surface area contributed by atoms with E-state index in [9.17, 15) is 9.59 Å². The monoisotopic (exact) mass is 273 g/mol. The maximum atomic E-state index is 11.8. The molecule has 0 aliphatic carbocycles. The molecule has 2 aromatic rings. The van der Waals surface area contributed by atoms with Crippen molar-refractivity contribution in [3.05, 3.63) is 36.4 Å². The first kappa shape index (κ1) is 13.7. The van der Waals surface area contributed by atoms with Crippen LogP contribution >= 0.6 is 0 Å². The lowest BCUT2D eigenvalue weighted by molar-refractivity contribution is -0.116. The van der Waals surface area contributed by atoms with Crippen molar-refractivity contribution in [2.45, 2.75) is 19.8 Å². The highest BCUT2D eigenvalue weighted by Gasteiger charge is 2.09. The molecule has 7 heteroatoms. The van der Waals surface area contributed by atoms with Crippen LogP contribution < -0.4 is 10.6 Å². The van der Waals surface area contributed by atoms with Crippen molar-refractivity contribution in [1.29, 1.82) is 0 Å². The fraction of sp³-hybridized carbons (Fsp3) is 0.231. The number of amides is 2. The molecule has 0 fully saturated rings. The number of carbonyl (C=O) groups excluding carboxylic acids is 2. The number of H-pyrrole nitrogens is 1. The lowest BCUT2D eigenvalue weighted by Crippen LogP contribution is -2.14. The summed E-state index contributed by atoms with van der Waals surface area (Å²) in [4.78, 5) is 27.0. The molecule has 7 nitrogen and oxygen atoms in total. The Kier molecular flexibility index (Phi) is 4.43. The van der Waals surface area contributed by atoms with Crippen LogP contribution in [0, 0.1) is 0 Å². The Morgan fingerprint density at radius 1 is 1.25 bits per heavy atom. The van der Waals surface area contributed by atoms with Gasteiger partial charge >= 0.3 is 0 Å². The van der Waals surface area contributed by atoms with Gasteiger partial charge in [-0.15, -0.1) is 0 Å². The zero-order valence-electron chi connectivity index (χ0n) is 11.0. The Labute approximate surface area is 115 Å². The van der Waals surface area contributed by atoms with Crippen LogP contribution in [0.4, 0.5) is 11.4 Å². The number of carbonyl (C=O) groups is 2. The first-order chi connectivity index (χ1) is 9.69. The molecule has 1 aromatic heterocycles. The van der Waals surface area contributed by atoms with Crippen molar-refractivity contribution in [3.63, 3.8) is 0 Å². The topological polar surface area (TPSA) is 99.8 Å². The van der Waals surface area contributed by atoms with Gasteiger partial charge in [-0.2, -0.15) is 5.10 Å². The molecule has 0 aliphatic rings. The van der Waals surface area contributed by atoms with Crippen molar-refractivity contribution in [2.75, 3.05) is 10.6 Å². The highest BCUT2D eigenvalue weighted by atomic mass is 16.2. The van der Waals surface area contributed by atoms with Crippen molar-refractivity contribution >= 4 is 23.2 Å². The summed E-state index contributed by atoms with van der Waals surface area (Å²) in [6, 6.07) is 6.92. The average Bonchev–Trinajstić information content (AvgIpc) is 2.93. The second-order valence-corrected chi connectivity index (χ2v) is 4.17. The highest BCUT2D eigenvalue weighted by molar-refractivity contribution is 6.02. The van der Waals surface area contributed by atoms with Gasteiger partial charge in [0.2, 0.25) is 11.7 Å². The van der Waals surface area contributed by atoms with E-state index in [2.05, 4.69) is 25.8 Å². The molecule has 20 heavy (non-hydrogen) atoms. The van der Waals surface area contributed by atoms with Gasteiger partial charge in [-0.25, -0.2) is 4.98 Å². The van der Waals surface area contributed by atoms with E-state index >= 15 is 0 Å². The SMILES string of the molecule is CCCC(=O)Nc1cccc(NC(=O)c2ncn[nH]2)c1. The quantitative estimate of drug-likeness (QED) is 0.773. The normalized spacial score (nSPS) is 10.1. The molecule has 0 aliphatic heterocycles. The van der Waals surface area contributed by atoms with E-state index in [0.29, 0.717) is 17.8 Å². The molecule has 0 saturated heterocycles. The van der Waals surface area contributed by atoms with Gasteiger partial charge in [-0.05, 0) is 24.6 Å². The molecule has 1 heterocycles. The summed E-state index contributed by atoms with van der Waals surface area (Å²) in [5, 5.41) is 11.5. The minimum absolute atomic E-state index is 0.0498. The van der Waals surface area contributed by atoms with Crippen LogP contribution in [-0.4, -0.2) is 27.0 Å². The van der Waals surface area contributed by atoms with Crippen molar-refractivity contribution in [2.24, 2.45) is 0 Å². The Hall–Kier alpha value is -2.70. The summed E-state index contributed by atoms with van der Waals surface area (Å²) < 4.78 is 0. The number of nitrogens with zero attached hydrogens (tertiary/aromatic N) is 2. The standard InChI is InChI=1S/C13H15N5O2/c1-2-4-11(19)16-9-5-3-6-10(7-9)17-13(20)12-14-8-15-18-12/h3,5-8H,2,4H2,1H3,(H,16,19)(H,17,20)(H,14,15,18). The zero-order valence-corrected chi connectivity index (χ0v) is 11.0. The van der Waals surface area contributed by atoms with Gasteiger partial charge in [0.05, 0.1) is 0 Å². The Balaban J connectivity index is 2.02. The minimum Gasteiger partial charge on any atom is -0.326 e. The van der Waals surface area contributed by atoms with Gasteiger partial charge in [-0.3, -0.25) is 14.7 Å². The van der Waals surface area contributed by atoms with Crippen molar-refractivity contribution in [1.82, 2.24) is 15.2 Å². The van der Waals surface area contributed by atoms with E-state index in [1.54, 1.807) is 24.3 Å². The molecule has 2 rings (SSSR count). The number of aromatic nitrogens is 3. The van der Waals surface area contributed by atoms with Crippen LogP contribution in [-0.2, 0) is 4.79 Å². The summed E-state index contributed by atoms with van der Waals surface area (Å²) >= 11 is 0. The Bertz CT molecular complexity index is 595. The summed E-state index contributed by atoms with van der Waals surface area (Å²) in [6.07, 6.45) is 2.51. The molecular weight excluding hydrogens is 258 g/mol. The molecule has 0 radical (unpaired) electrons. The molecule has 0 atom stereocenters. The predicted octanol–water partition coefficient (Wildman–Crippen LogP) is 1.80. The lowest BCUT2D eigenvalue weighted by atomic mass is 10.2. The number of rotatable bonds is 5. The van der Waals surface area contributed by atoms with Gasteiger partial charge in [-0.1, -0.05) is 13.0 Å². The van der Waals surface area contributed by atoms with Crippen molar-refractivity contribution < 1.29 is 9.59 Å². The number of hydrogen-bond donors (Lipinski definition) is 3. The van der Waals surface area contributed by atoms with E-state index in [1.807, 2.05) is 6.92 Å². The average molecular weight is 273 g/mol. The molecule has 0 unspecified atom stereocenters. The van der Waals surface area contributed by atoms with Crippen LogP contribution in [0.5, 0.6) is 0 Å². The van der Waals surface area contributed by atoms with Crippen LogP contribution in [0.1, 0.15) is 30.4 Å². The van der Waals surface area contributed by atoms with Gasteiger partial charge < -0.3 is 10.6 Å². The Morgan fingerprint density at radius 3 is 2.65 bits per heavy atom. The van der Waals surface area contributed by atoms with Crippen LogP contribution in [0.3, 0.4) is 0 Å². The van der Waals surface area contributed by atoms with E-state index in [-0.39, 0.29) is 17.6 Å². The second kappa shape index (κ2) is 6.46. The third kappa shape index (κ3) is 3.64. The van der Waals surface area contributed by atoms with Gasteiger partial charge in [0.1, 0.15) is 6.33 Å². The number of nitrogens with one attached hydrogen (secondary N) is 3. The summed E-state index contributed by atoms with van der Waals surface area (Å²) in [6.45, 7) is 1.94. The van der Waals surface area contributed by atoms with E-state index in [4.69, 9.17) is 0 Å². The minimum atomic E-state index is -0.389. The van der Waals surface area contributed by atoms with Crippen LogP contribution in [0.2, 0.25) is 0 Å². The molecule has 0 spiro atoms. The van der Waals surface area contributed by atoms with Crippen molar-refractivity contribution in [3.8, 4) is 0 Å². The smallest absolute Gasteiger partial charge is 0.292 e. The molecule has 104 valence electrons. The fourth-order valence-corrected chi connectivity index (χ4v) is 1.63. The van der Waals surface area contributed by atoms with E-state index in [1.165, 1.54) is 6.33 Å². The van der Waals surface area contributed by atoms with Gasteiger partial charge in [0, 0.05) is 17.8 Å². The molecule has 2 amide bonds. The number of benzene rings is 1. The Morgan fingerprint density at radius 2 is 2.00 bits per heavy atom. The van der Waals surface area contributed by atoms with Crippen LogP contribution in [0.15, 0.2) is 30.6 Å². The van der Waals surface area contributed by atoms with E-state index in [0.717, 1.165) is 6.42 Å². The van der Waals surface area contributed by atoms with Gasteiger partial charge in [0.15, 0.2) is 0 Å². The molecular formula is C13H15N5O2. The van der Waals surface area contributed by atoms with Gasteiger partial charge in [0.25, 0.3) is 5.91 Å². The van der Waals surface area contributed by atoms with E-state index < -0.39 is 0 Å². The summed E-state index contributed by atoms with van der Waals surface area (Å²) in [5.41, 5.74) is 1.21. The molecule has 0 bridgehead atoms. The lowest BCUT2D eigenvalue weighted by Gasteiger charge is -2.07. The maximum Gasteiger partial charge on any atom is 0.292 e. The molecule has 3 N–H and O–H groups in total. The third-order valence-corrected chi connectivity index (χ3v) is 2.51. The maximum absolute atomic E-state index is 11.8. The second-order valence-electron chi connectivity index (χ2n) is 4.17. The number of aromatic amines is 1. The fourth-order valence-electron chi connectivity index (χ4n) is 1.63. The molecule has 1 aromatic carbocycles. The largest absolute Gasteiger partial charge is 0.326 e. The van der Waals surface area contributed by atoms with Crippen LogP contribution in [0.25, 0.3) is 0 Å². The summed E-state index contributed by atoms with van der Waals surface area (Å²) in [5.74, 6) is -0.309. The first-order valence-electron chi connectivity index (χ1n) is 6.25. The third-order valence-electron chi connectivity index (χ3n) is 2.51. The number of hydrogen-bond acceptors (Lipinski definition) is 4. The number of anilines is 2. The zero-order chi connectivity index (χ0) is 14.4. The highest BCUT2D eigenvalue weighted by Crippen LogP contribution is 2.16. The first-order valence-corrected chi connectivity index (χ1v) is 6.25. The molecule has 0 saturated carbocycles. The predicted molar refractivity (Wildman–Crippen MR) is 74.3 cm³/mol.